The van der Waals surface area contributed by atoms with Crippen molar-refractivity contribution in [2.24, 2.45) is 0 Å². The zero-order valence-electron chi connectivity index (χ0n) is 14.3. The van der Waals surface area contributed by atoms with Gasteiger partial charge in [0.05, 0.1) is 23.5 Å². The van der Waals surface area contributed by atoms with Crippen molar-refractivity contribution in [2.75, 3.05) is 49.5 Å². The highest BCUT2D eigenvalue weighted by Gasteiger charge is 2.35. The number of rotatable bonds is 4. The number of piperazine rings is 1. The predicted octanol–water partition coefficient (Wildman–Crippen LogP) is 1.91. The number of fused-ring (bicyclic) bond motifs is 1. The monoisotopic (exact) mass is 316 g/mol. The second-order valence-corrected chi connectivity index (χ2v) is 6.62. The summed E-state index contributed by atoms with van der Waals surface area (Å²) >= 11 is 0. The van der Waals surface area contributed by atoms with Gasteiger partial charge in [0.15, 0.2) is 0 Å². The zero-order valence-corrected chi connectivity index (χ0v) is 14.3. The Morgan fingerprint density at radius 3 is 2.57 bits per heavy atom. The molecule has 0 bridgehead atoms. The molecule has 2 aliphatic rings. The van der Waals surface area contributed by atoms with Crippen molar-refractivity contribution < 1.29 is 4.79 Å². The van der Waals surface area contributed by atoms with Gasteiger partial charge in [0.25, 0.3) is 0 Å². The van der Waals surface area contributed by atoms with E-state index in [9.17, 15) is 4.79 Å². The molecule has 5 heteroatoms. The molecular formula is C18H28N4O. The Balaban J connectivity index is 1.80. The van der Waals surface area contributed by atoms with Crippen LogP contribution in [-0.4, -0.2) is 55.6 Å². The average Bonchev–Trinajstić information content (AvgIpc) is 2.62. The molecule has 0 aromatic heterocycles. The van der Waals surface area contributed by atoms with Crippen LogP contribution in [0.1, 0.15) is 26.7 Å². The summed E-state index contributed by atoms with van der Waals surface area (Å²) in [6.07, 6.45) is 2.10. The van der Waals surface area contributed by atoms with E-state index < -0.39 is 0 Å². The lowest BCUT2D eigenvalue weighted by atomic mass is 9.89. The topological polar surface area (TPSA) is 47.6 Å². The zero-order chi connectivity index (χ0) is 16.3. The smallest absolute Gasteiger partial charge is 0.242 e. The van der Waals surface area contributed by atoms with E-state index in [1.165, 1.54) is 0 Å². The van der Waals surface area contributed by atoms with E-state index in [0.29, 0.717) is 6.54 Å². The first-order valence-electron chi connectivity index (χ1n) is 8.78. The third-order valence-electron chi connectivity index (χ3n) is 5.29. The first-order chi connectivity index (χ1) is 11.2. The quantitative estimate of drug-likeness (QED) is 0.891. The maximum Gasteiger partial charge on any atom is 0.242 e. The molecule has 1 amide bonds. The van der Waals surface area contributed by atoms with Crippen LogP contribution in [0.3, 0.4) is 0 Å². The summed E-state index contributed by atoms with van der Waals surface area (Å²) in [5.74, 6) is 0.240. The molecule has 0 radical (unpaired) electrons. The molecule has 1 saturated heterocycles. The number of benzene rings is 1. The second kappa shape index (κ2) is 6.79. The fraction of sp³-hybridized carbons (Fsp3) is 0.611. The molecule has 1 aromatic carbocycles. The minimum atomic E-state index is 0.0537. The molecule has 1 aromatic rings. The van der Waals surface area contributed by atoms with Gasteiger partial charge in [-0.1, -0.05) is 26.0 Å². The fourth-order valence-electron chi connectivity index (χ4n) is 3.60. The molecule has 0 aliphatic carbocycles. The number of carbonyl (C=O) groups excluding carboxylic acids is 1. The lowest BCUT2D eigenvalue weighted by Crippen LogP contribution is -2.55. The number of hydrogen-bond donors (Lipinski definition) is 2. The van der Waals surface area contributed by atoms with Gasteiger partial charge in [-0.05, 0) is 25.0 Å². The number of carbonyl (C=O) groups is 1. The Labute approximate surface area is 139 Å². The molecule has 5 nitrogen and oxygen atoms in total. The van der Waals surface area contributed by atoms with E-state index in [1.54, 1.807) is 0 Å². The van der Waals surface area contributed by atoms with Crippen LogP contribution in [0.25, 0.3) is 0 Å². The molecule has 126 valence electrons. The van der Waals surface area contributed by atoms with Gasteiger partial charge in [0.2, 0.25) is 5.91 Å². The maximum atomic E-state index is 12.7. The normalized spacial score (nSPS) is 19.9. The highest BCUT2D eigenvalue weighted by molar-refractivity contribution is 5.84. The average molecular weight is 316 g/mol. The SMILES string of the molecule is CCC1(CC)CN(CC(=O)N2CCNCC2)c2ccccc2N1. The molecule has 0 saturated carbocycles. The molecule has 3 rings (SSSR count). The van der Waals surface area contributed by atoms with Gasteiger partial charge in [0.1, 0.15) is 0 Å². The number of amides is 1. The first kappa shape index (κ1) is 16.1. The van der Waals surface area contributed by atoms with Gasteiger partial charge < -0.3 is 20.4 Å². The Morgan fingerprint density at radius 1 is 1.17 bits per heavy atom. The van der Waals surface area contributed by atoms with Crippen molar-refractivity contribution in [2.45, 2.75) is 32.2 Å². The predicted molar refractivity (Wildman–Crippen MR) is 95.0 cm³/mol. The molecule has 0 atom stereocenters. The molecule has 0 unspecified atom stereocenters. The number of nitrogens with one attached hydrogen (secondary N) is 2. The molecule has 23 heavy (non-hydrogen) atoms. The van der Waals surface area contributed by atoms with Crippen LogP contribution in [0.2, 0.25) is 0 Å². The Morgan fingerprint density at radius 2 is 1.87 bits per heavy atom. The van der Waals surface area contributed by atoms with Crippen molar-refractivity contribution >= 4 is 17.3 Å². The molecular weight excluding hydrogens is 288 g/mol. The number of nitrogens with zero attached hydrogens (tertiary/aromatic N) is 2. The lowest BCUT2D eigenvalue weighted by Gasteiger charge is -2.45. The van der Waals surface area contributed by atoms with Gasteiger partial charge in [-0.15, -0.1) is 0 Å². The van der Waals surface area contributed by atoms with E-state index in [4.69, 9.17) is 0 Å². The summed E-state index contributed by atoms with van der Waals surface area (Å²) in [4.78, 5) is 17.0. The van der Waals surface area contributed by atoms with Crippen molar-refractivity contribution in [1.82, 2.24) is 10.2 Å². The largest absolute Gasteiger partial charge is 0.376 e. The number of hydrogen-bond acceptors (Lipinski definition) is 4. The van der Waals surface area contributed by atoms with Crippen LogP contribution in [0.4, 0.5) is 11.4 Å². The first-order valence-corrected chi connectivity index (χ1v) is 8.78. The van der Waals surface area contributed by atoms with Crippen molar-refractivity contribution in [3.63, 3.8) is 0 Å². The van der Waals surface area contributed by atoms with E-state index in [0.717, 1.165) is 56.9 Å². The third-order valence-corrected chi connectivity index (χ3v) is 5.29. The Hall–Kier alpha value is -1.75. The maximum absolute atomic E-state index is 12.7. The molecule has 1 fully saturated rings. The van der Waals surface area contributed by atoms with Crippen LogP contribution in [-0.2, 0) is 4.79 Å². The minimum absolute atomic E-state index is 0.0537. The minimum Gasteiger partial charge on any atom is -0.376 e. The fourth-order valence-corrected chi connectivity index (χ4v) is 3.60. The standard InChI is InChI=1S/C18H28N4O/c1-3-18(4-2)14-22(16-8-6-5-7-15(16)20-18)13-17(23)21-11-9-19-10-12-21/h5-8,19-20H,3-4,9-14H2,1-2H3. The van der Waals surface area contributed by atoms with Crippen LogP contribution in [0.15, 0.2) is 24.3 Å². The van der Waals surface area contributed by atoms with Crippen LogP contribution in [0, 0.1) is 0 Å². The van der Waals surface area contributed by atoms with Gasteiger partial charge in [-0.3, -0.25) is 4.79 Å². The summed E-state index contributed by atoms with van der Waals surface area (Å²) in [7, 11) is 0. The number of anilines is 2. The van der Waals surface area contributed by atoms with E-state index in [2.05, 4.69) is 47.6 Å². The summed E-state index contributed by atoms with van der Waals surface area (Å²) in [5.41, 5.74) is 2.35. The van der Waals surface area contributed by atoms with E-state index >= 15 is 0 Å². The Bertz CT molecular complexity index is 550. The van der Waals surface area contributed by atoms with Gasteiger partial charge >= 0.3 is 0 Å². The molecule has 2 aliphatic heterocycles. The summed E-state index contributed by atoms with van der Waals surface area (Å²) in [6.45, 7) is 9.24. The van der Waals surface area contributed by atoms with Gasteiger partial charge in [0, 0.05) is 32.7 Å². The highest BCUT2D eigenvalue weighted by atomic mass is 16.2. The summed E-state index contributed by atoms with van der Waals surface area (Å²) in [6, 6.07) is 8.34. The second-order valence-electron chi connectivity index (χ2n) is 6.62. The van der Waals surface area contributed by atoms with Gasteiger partial charge in [-0.25, -0.2) is 0 Å². The van der Waals surface area contributed by atoms with Crippen molar-refractivity contribution in [3.05, 3.63) is 24.3 Å². The molecule has 2 N–H and O–H groups in total. The lowest BCUT2D eigenvalue weighted by molar-refractivity contribution is -0.130. The third kappa shape index (κ3) is 3.29. The molecule has 2 heterocycles. The van der Waals surface area contributed by atoms with Crippen LogP contribution < -0.4 is 15.5 Å². The van der Waals surface area contributed by atoms with Crippen LogP contribution >= 0.6 is 0 Å². The van der Waals surface area contributed by atoms with Crippen molar-refractivity contribution in [1.29, 1.82) is 0 Å². The van der Waals surface area contributed by atoms with E-state index in [1.807, 2.05) is 11.0 Å². The highest BCUT2D eigenvalue weighted by Crippen LogP contribution is 2.37. The summed E-state index contributed by atoms with van der Waals surface area (Å²) in [5, 5.41) is 7.02. The van der Waals surface area contributed by atoms with Crippen molar-refractivity contribution in [3.8, 4) is 0 Å². The number of para-hydroxylation sites is 2. The van der Waals surface area contributed by atoms with Crippen LogP contribution in [0.5, 0.6) is 0 Å². The summed E-state index contributed by atoms with van der Waals surface area (Å²) < 4.78 is 0. The Kier molecular flexibility index (Phi) is 4.76. The molecule has 0 spiro atoms. The van der Waals surface area contributed by atoms with Gasteiger partial charge in [-0.2, -0.15) is 0 Å². The van der Waals surface area contributed by atoms with E-state index in [-0.39, 0.29) is 11.4 Å².